The first-order valence-electron chi connectivity index (χ1n) is 6.15. The van der Waals surface area contributed by atoms with Gasteiger partial charge in [-0.3, -0.25) is 0 Å². The van der Waals surface area contributed by atoms with Gasteiger partial charge < -0.3 is 5.11 Å². The lowest BCUT2D eigenvalue weighted by atomic mass is 9.91. The van der Waals surface area contributed by atoms with Gasteiger partial charge in [-0.25, -0.2) is 0 Å². The van der Waals surface area contributed by atoms with Gasteiger partial charge in [-0.1, -0.05) is 54.6 Å². The van der Waals surface area contributed by atoms with Crippen LogP contribution in [0.4, 0.5) is 0 Å². The Morgan fingerprint density at radius 3 is 2.22 bits per heavy atom. The van der Waals surface area contributed by atoms with Crippen LogP contribution in [-0.2, 0) is 0 Å². The number of benzene rings is 3. The molecule has 0 aliphatic carbocycles. The molecule has 0 aromatic heterocycles. The summed E-state index contributed by atoms with van der Waals surface area (Å²) in [6.45, 7) is 4.11. The fourth-order valence-corrected chi connectivity index (χ4v) is 2.52. The van der Waals surface area contributed by atoms with Gasteiger partial charge in [0.1, 0.15) is 0 Å². The molecule has 1 nitrogen and oxygen atoms in total. The molecule has 1 heteroatoms. The molecule has 0 amide bonds. The molecular formula is C17H15O. The van der Waals surface area contributed by atoms with Gasteiger partial charge >= 0.3 is 0 Å². The van der Waals surface area contributed by atoms with Gasteiger partial charge in [0.15, 0.2) is 0 Å². The van der Waals surface area contributed by atoms with Gasteiger partial charge in [0.2, 0.25) is 0 Å². The zero-order chi connectivity index (χ0) is 12.5. The molecule has 3 rings (SSSR count). The van der Waals surface area contributed by atoms with Gasteiger partial charge in [0.05, 0.1) is 0 Å². The van der Waals surface area contributed by atoms with Crippen molar-refractivity contribution in [2.75, 3.05) is 6.61 Å². The van der Waals surface area contributed by atoms with E-state index in [2.05, 4.69) is 49.4 Å². The summed E-state index contributed by atoms with van der Waals surface area (Å²) in [7, 11) is 0. The minimum absolute atomic E-state index is 0.0718. The molecule has 0 aliphatic heterocycles. The maximum atomic E-state index is 9.36. The Bertz CT molecular complexity index is 700. The van der Waals surface area contributed by atoms with Crippen LogP contribution >= 0.6 is 0 Å². The molecule has 0 aliphatic rings. The second kappa shape index (κ2) is 4.43. The predicted octanol–water partition coefficient (Wildman–Crippen LogP) is 3.90. The Morgan fingerprint density at radius 2 is 1.50 bits per heavy atom. The maximum absolute atomic E-state index is 9.36. The molecule has 1 N–H and O–H groups in total. The van der Waals surface area contributed by atoms with Gasteiger partial charge in [0, 0.05) is 12.5 Å². The molecular weight excluding hydrogens is 220 g/mol. The molecule has 89 valence electrons. The van der Waals surface area contributed by atoms with E-state index < -0.39 is 0 Å². The highest BCUT2D eigenvalue weighted by Gasteiger charge is 2.11. The smallest absolute Gasteiger partial charge is 0.0499 e. The van der Waals surface area contributed by atoms with E-state index in [0.717, 1.165) is 5.56 Å². The standard InChI is InChI=1S/C17H15O/c1-12(11-18)17-10-13-6-2-3-7-14(13)15-8-4-5-9-16(15)17/h2-10,12,18H,1,11H2. The third-order valence-corrected chi connectivity index (χ3v) is 3.46. The van der Waals surface area contributed by atoms with E-state index in [1.807, 2.05) is 12.1 Å². The van der Waals surface area contributed by atoms with Crippen molar-refractivity contribution < 1.29 is 5.11 Å². The van der Waals surface area contributed by atoms with Crippen LogP contribution in [0, 0.1) is 6.92 Å². The Morgan fingerprint density at radius 1 is 0.889 bits per heavy atom. The molecule has 0 saturated heterocycles. The summed E-state index contributed by atoms with van der Waals surface area (Å²) in [6.07, 6.45) is 0. The zero-order valence-electron chi connectivity index (χ0n) is 10.1. The van der Waals surface area contributed by atoms with Gasteiger partial charge in [-0.05, 0) is 34.0 Å². The molecule has 1 atom stereocenters. The quantitative estimate of drug-likeness (QED) is 0.668. The van der Waals surface area contributed by atoms with E-state index in [-0.39, 0.29) is 12.5 Å². The molecule has 1 radical (unpaired) electrons. The average molecular weight is 235 g/mol. The molecule has 1 unspecified atom stereocenters. The maximum Gasteiger partial charge on any atom is 0.0499 e. The van der Waals surface area contributed by atoms with E-state index in [9.17, 15) is 5.11 Å². The Kier molecular flexibility index (Phi) is 2.77. The first-order chi connectivity index (χ1) is 8.81. The molecule has 0 spiro atoms. The number of hydrogen-bond acceptors (Lipinski definition) is 1. The Labute approximate surface area is 107 Å². The summed E-state index contributed by atoms with van der Waals surface area (Å²) in [5.41, 5.74) is 1.12. The van der Waals surface area contributed by atoms with Gasteiger partial charge in [-0.15, -0.1) is 0 Å². The van der Waals surface area contributed by atoms with Crippen molar-refractivity contribution in [1.82, 2.24) is 0 Å². The summed E-state index contributed by atoms with van der Waals surface area (Å²) < 4.78 is 0. The lowest BCUT2D eigenvalue weighted by Gasteiger charge is -2.14. The van der Waals surface area contributed by atoms with Gasteiger partial charge in [-0.2, -0.15) is 0 Å². The molecule has 0 fully saturated rings. The number of rotatable bonds is 2. The Balaban J connectivity index is 2.46. The normalized spacial score (nSPS) is 13.0. The van der Waals surface area contributed by atoms with Crippen LogP contribution in [0.15, 0.2) is 54.6 Å². The average Bonchev–Trinajstić information content (AvgIpc) is 2.45. The molecule has 0 heterocycles. The molecule has 3 aromatic carbocycles. The van der Waals surface area contributed by atoms with Crippen molar-refractivity contribution >= 4 is 21.5 Å². The lowest BCUT2D eigenvalue weighted by Crippen LogP contribution is -2.00. The topological polar surface area (TPSA) is 20.2 Å². The minimum Gasteiger partial charge on any atom is -0.396 e. The van der Waals surface area contributed by atoms with E-state index in [4.69, 9.17) is 0 Å². The molecule has 0 saturated carbocycles. The van der Waals surface area contributed by atoms with Crippen LogP contribution in [0.3, 0.4) is 0 Å². The number of aliphatic hydroxyl groups excluding tert-OH is 1. The van der Waals surface area contributed by atoms with Crippen LogP contribution < -0.4 is 0 Å². The van der Waals surface area contributed by atoms with Crippen molar-refractivity contribution in [2.24, 2.45) is 0 Å². The van der Waals surface area contributed by atoms with Gasteiger partial charge in [0.25, 0.3) is 0 Å². The van der Waals surface area contributed by atoms with E-state index in [1.165, 1.54) is 21.5 Å². The van der Waals surface area contributed by atoms with E-state index >= 15 is 0 Å². The van der Waals surface area contributed by atoms with Crippen LogP contribution in [0.1, 0.15) is 11.5 Å². The first kappa shape index (κ1) is 11.2. The van der Waals surface area contributed by atoms with Crippen LogP contribution in [-0.4, -0.2) is 11.7 Å². The van der Waals surface area contributed by atoms with Crippen LogP contribution in [0.5, 0.6) is 0 Å². The van der Waals surface area contributed by atoms with Crippen LogP contribution in [0.2, 0.25) is 0 Å². The largest absolute Gasteiger partial charge is 0.396 e. The van der Waals surface area contributed by atoms with Crippen LogP contribution in [0.25, 0.3) is 21.5 Å². The predicted molar refractivity (Wildman–Crippen MR) is 76.6 cm³/mol. The number of aliphatic hydroxyl groups is 1. The summed E-state index contributed by atoms with van der Waals surface area (Å²) in [5, 5.41) is 14.2. The van der Waals surface area contributed by atoms with Crippen molar-refractivity contribution in [3.8, 4) is 0 Å². The summed E-state index contributed by atoms with van der Waals surface area (Å²) in [4.78, 5) is 0. The van der Waals surface area contributed by atoms with Crippen molar-refractivity contribution in [2.45, 2.75) is 5.92 Å². The third kappa shape index (κ3) is 1.68. The van der Waals surface area contributed by atoms with E-state index in [1.54, 1.807) is 0 Å². The van der Waals surface area contributed by atoms with Crippen molar-refractivity contribution in [1.29, 1.82) is 0 Å². The van der Waals surface area contributed by atoms with Crippen molar-refractivity contribution in [3.63, 3.8) is 0 Å². The second-order valence-electron chi connectivity index (χ2n) is 4.61. The highest BCUT2D eigenvalue weighted by atomic mass is 16.3. The van der Waals surface area contributed by atoms with Crippen molar-refractivity contribution in [3.05, 3.63) is 67.1 Å². The number of hydrogen-bond donors (Lipinski definition) is 1. The van der Waals surface area contributed by atoms with E-state index in [0.29, 0.717) is 0 Å². The highest BCUT2D eigenvalue weighted by Crippen LogP contribution is 2.32. The second-order valence-corrected chi connectivity index (χ2v) is 4.61. The zero-order valence-corrected chi connectivity index (χ0v) is 10.1. The molecule has 0 bridgehead atoms. The summed E-state index contributed by atoms with van der Waals surface area (Å²) in [6, 6.07) is 18.8. The molecule has 3 aromatic rings. The fourth-order valence-electron chi connectivity index (χ4n) is 2.52. The minimum atomic E-state index is -0.0838. The molecule has 18 heavy (non-hydrogen) atoms. The summed E-state index contributed by atoms with van der Waals surface area (Å²) >= 11 is 0. The summed E-state index contributed by atoms with van der Waals surface area (Å²) in [5.74, 6) is -0.0838. The SMILES string of the molecule is [CH2]C(CO)c1cc2ccccc2c2ccccc12. The lowest BCUT2D eigenvalue weighted by molar-refractivity contribution is 0.283. The monoisotopic (exact) mass is 235 g/mol. The Hall–Kier alpha value is -1.86. The fraction of sp³-hybridized carbons (Fsp3) is 0.118. The third-order valence-electron chi connectivity index (χ3n) is 3.46. The first-order valence-corrected chi connectivity index (χ1v) is 6.15. The highest BCUT2D eigenvalue weighted by molar-refractivity contribution is 6.09. The number of fused-ring (bicyclic) bond motifs is 3.